The minimum Gasteiger partial charge on any atom is -0.378 e. The quantitative estimate of drug-likeness (QED) is 0.298. The molecule has 0 radical (unpaired) electrons. The van der Waals surface area contributed by atoms with Crippen molar-refractivity contribution in [3.63, 3.8) is 0 Å². The summed E-state index contributed by atoms with van der Waals surface area (Å²) in [7, 11) is 0. The van der Waals surface area contributed by atoms with E-state index in [2.05, 4.69) is 45.9 Å². The fraction of sp³-hybridized carbons (Fsp3) is 0.308. The fourth-order valence-electron chi connectivity index (χ4n) is 4.22. The first kappa shape index (κ1) is 21.7. The van der Waals surface area contributed by atoms with Crippen LogP contribution >= 0.6 is 0 Å². The summed E-state index contributed by atoms with van der Waals surface area (Å²) in [6.45, 7) is 4.43. The number of benzene rings is 2. The number of unbranched alkanes of at least 4 members (excludes halogenated alkanes) is 2. The van der Waals surface area contributed by atoms with Gasteiger partial charge in [-0.25, -0.2) is 4.79 Å². The number of hydrogen-bond acceptors (Lipinski definition) is 3. The van der Waals surface area contributed by atoms with E-state index in [1.54, 1.807) is 24.3 Å². The Kier molecular flexibility index (Phi) is 6.90. The van der Waals surface area contributed by atoms with Crippen LogP contribution < -0.4 is 10.6 Å². The van der Waals surface area contributed by atoms with Crippen LogP contribution in [0, 0.1) is 0 Å². The van der Waals surface area contributed by atoms with Gasteiger partial charge in [0.1, 0.15) is 6.29 Å². The molecule has 0 aliphatic carbocycles. The summed E-state index contributed by atoms with van der Waals surface area (Å²) in [5.41, 5.74) is 4.14. The molecule has 1 aromatic heterocycles. The second kappa shape index (κ2) is 10.2. The summed E-state index contributed by atoms with van der Waals surface area (Å²) < 4.78 is 0. The number of amides is 2. The Hall–Kier alpha value is -3.54. The van der Waals surface area contributed by atoms with Crippen molar-refractivity contribution in [3.8, 4) is 0 Å². The summed E-state index contributed by atoms with van der Waals surface area (Å²) in [4.78, 5) is 29.2. The molecule has 0 fully saturated rings. The van der Waals surface area contributed by atoms with Crippen molar-refractivity contribution < 1.29 is 9.59 Å². The number of fused-ring (bicyclic) bond motifs is 1. The molecule has 1 unspecified atom stereocenters. The lowest BCUT2D eigenvalue weighted by atomic mass is 9.93. The van der Waals surface area contributed by atoms with E-state index in [9.17, 15) is 9.59 Å². The molecule has 6 nitrogen and oxygen atoms in total. The molecule has 2 aromatic carbocycles. The second-order valence-electron chi connectivity index (χ2n) is 8.31. The summed E-state index contributed by atoms with van der Waals surface area (Å²) in [5, 5.41) is 6.80. The largest absolute Gasteiger partial charge is 0.378 e. The highest BCUT2D eigenvalue weighted by atomic mass is 16.2. The third-order valence-electron chi connectivity index (χ3n) is 5.96. The molecular weight excluding hydrogens is 400 g/mol. The van der Waals surface area contributed by atoms with Gasteiger partial charge in [0.05, 0.1) is 0 Å². The number of carbonyl (C=O) groups is 2. The number of nitrogens with zero attached hydrogens (tertiary/aromatic N) is 1. The first-order valence-electron chi connectivity index (χ1n) is 11.3. The zero-order valence-corrected chi connectivity index (χ0v) is 18.4. The van der Waals surface area contributed by atoms with E-state index in [1.165, 1.54) is 24.8 Å². The third-order valence-corrected chi connectivity index (χ3v) is 5.96. The minimum atomic E-state index is -0.343. The van der Waals surface area contributed by atoms with Crippen molar-refractivity contribution >= 4 is 34.6 Å². The van der Waals surface area contributed by atoms with Crippen LogP contribution in [-0.2, 0) is 0 Å². The monoisotopic (exact) mass is 430 g/mol. The molecule has 1 aliphatic rings. The van der Waals surface area contributed by atoms with Crippen LogP contribution in [-0.4, -0.2) is 35.3 Å². The highest BCUT2D eigenvalue weighted by molar-refractivity contribution is 6.01. The van der Waals surface area contributed by atoms with Crippen molar-refractivity contribution in [2.24, 2.45) is 0 Å². The molecule has 0 saturated carbocycles. The van der Waals surface area contributed by atoms with E-state index < -0.39 is 0 Å². The minimum absolute atomic E-state index is 0.343. The third kappa shape index (κ3) is 5.19. The molecule has 6 heteroatoms. The van der Waals surface area contributed by atoms with Crippen LogP contribution in [0.15, 0.2) is 60.9 Å². The summed E-state index contributed by atoms with van der Waals surface area (Å²) >= 11 is 0. The van der Waals surface area contributed by atoms with E-state index in [4.69, 9.17) is 0 Å². The number of aldehydes is 1. The molecule has 0 bridgehead atoms. The number of hydrogen-bond donors (Lipinski definition) is 3. The number of rotatable bonds is 8. The SMILES string of the molecule is CCCCCN1C=CC(c2c[nH]c3ccc(NC(=O)Nc4cccc(C=O)c4)cc23)CC1. The van der Waals surface area contributed by atoms with Crippen molar-refractivity contribution in [2.45, 2.75) is 38.5 Å². The van der Waals surface area contributed by atoms with E-state index in [1.807, 2.05) is 18.2 Å². The molecule has 3 aromatic rings. The molecule has 1 atom stereocenters. The number of allylic oxidation sites excluding steroid dienone is 1. The summed E-state index contributed by atoms with van der Waals surface area (Å²) in [5.74, 6) is 0.362. The van der Waals surface area contributed by atoms with Gasteiger partial charge in [-0.2, -0.15) is 0 Å². The van der Waals surface area contributed by atoms with Gasteiger partial charge >= 0.3 is 6.03 Å². The van der Waals surface area contributed by atoms with Crippen molar-refractivity contribution in [3.05, 3.63) is 72.1 Å². The van der Waals surface area contributed by atoms with Crippen LogP contribution in [0.1, 0.15) is 54.4 Å². The van der Waals surface area contributed by atoms with Gasteiger partial charge in [-0.05, 0) is 54.9 Å². The maximum atomic E-state index is 12.5. The Morgan fingerprint density at radius 1 is 1.16 bits per heavy atom. The molecular formula is C26H30N4O2. The number of anilines is 2. The molecule has 0 saturated heterocycles. The smallest absolute Gasteiger partial charge is 0.323 e. The maximum Gasteiger partial charge on any atom is 0.323 e. The van der Waals surface area contributed by atoms with Crippen molar-refractivity contribution in [1.29, 1.82) is 0 Å². The summed E-state index contributed by atoms with van der Waals surface area (Å²) in [6.07, 6.45) is 12.2. The number of aromatic amines is 1. The van der Waals surface area contributed by atoms with Crippen LogP contribution in [0.2, 0.25) is 0 Å². The van der Waals surface area contributed by atoms with E-state index in [0.29, 0.717) is 17.2 Å². The van der Waals surface area contributed by atoms with E-state index >= 15 is 0 Å². The molecule has 166 valence electrons. The van der Waals surface area contributed by atoms with Crippen molar-refractivity contribution in [2.75, 3.05) is 23.7 Å². The van der Waals surface area contributed by atoms with Gasteiger partial charge in [0.2, 0.25) is 0 Å². The fourth-order valence-corrected chi connectivity index (χ4v) is 4.22. The number of H-pyrrole nitrogens is 1. The van der Waals surface area contributed by atoms with Crippen LogP contribution in [0.5, 0.6) is 0 Å². The molecule has 1 aliphatic heterocycles. The lowest BCUT2D eigenvalue weighted by Gasteiger charge is -2.27. The lowest BCUT2D eigenvalue weighted by molar-refractivity contribution is 0.112. The Labute approximate surface area is 188 Å². The standard InChI is InChI=1S/C26H30N4O2/c1-2-3-4-12-30-13-10-20(11-14-30)24-17-27-25-9-8-22(16-23(24)25)29-26(32)28-21-7-5-6-19(15-21)18-31/h5-10,13,15-18,20,27H,2-4,11-12,14H2,1H3,(H2,28,29,32). The number of urea groups is 1. The van der Waals surface area contributed by atoms with Gasteiger partial charge in [0, 0.05) is 53.0 Å². The number of aromatic nitrogens is 1. The number of carbonyl (C=O) groups excluding carboxylic acids is 2. The molecule has 32 heavy (non-hydrogen) atoms. The van der Waals surface area contributed by atoms with Crippen LogP contribution in [0.4, 0.5) is 16.2 Å². The molecule has 3 N–H and O–H groups in total. The number of nitrogens with one attached hydrogen (secondary N) is 3. The van der Waals surface area contributed by atoms with Gasteiger partial charge in [-0.15, -0.1) is 0 Å². The van der Waals surface area contributed by atoms with Gasteiger partial charge in [-0.1, -0.05) is 38.0 Å². The normalized spacial score (nSPS) is 15.7. The van der Waals surface area contributed by atoms with Gasteiger partial charge in [-0.3, -0.25) is 4.79 Å². The van der Waals surface area contributed by atoms with Gasteiger partial charge < -0.3 is 20.5 Å². The Bertz CT molecular complexity index is 1120. The molecule has 0 spiro atoms. The van der Waals surface area contributed by atoms with Crippen LogP contribution in [0.25, 0.3) is 10.9 Å². The van der Waals surface area contributed by atoms with Crippen LogP contribution in [0.3, 0.4) is 0 Å². The van der Waals surface area contributed by atoms with E-state index in [0.717, 1.165) is 42.4 Å². The highest BCUT2D eigenvalue weighted by Crippen LogP contribution is 2.33. The Morgan fingerprint density at radius 3 is 2.75 bits per heavy atom. The summed E-state index contributed by atoms with van der Waals surface area (Å²) in [6, 6.07) is 12.4. The highest BCUT2D eigenvalue weighted by Gasteiger charge is 2.18. The maximum absolute atomic E-state index is 12.5. The van der Waals surface area contributed by atoms with Crippen molar-refractivity contribution in [1.82, 2.24) is 9.88 Å². The van der Waals surface area contributed by atoms with E-state index in [-0.39, 0.29) is 6.03 Å². The lowest BCUT2D eigenvalue weighted by Crippen LogP contribution is -2.24. The molecule has 2 heterocycles. The Balaban J connectivity index is 1.44. The molecule has 4 rings (SSSR count). The zero-order chi connectivity index (χ0) is 22.3. The zero-order valence-electron chi connectivity index (χ0n) is 18.4. The predicted molar refractivity (Wildman–Crippen MR) is 130 cm³/mol. The Morgan fingerprint density at radius 2 is 2.00 bits per heavy atom. The average Bonchev–Trinajstić information content (AvgIpc) is 3.23. The second-order valence-corrected chi connectivity index (χ2v) is 8.31. The average molecular weight is 431 g/mol. The first-order chi connectivity index (χ1) is 15.7. The molecule has 2 amide bonds. The first-order valence-corrected chi connectivity index (χ1v) is 11.3. The predicted octanol–water partition coefficient (Wildman–Crippen LogP) is 6.12. The van der Waals surface area contributed by atoms with Gasteiger partial charge in [0.15, 0.2) is 0 Å². The topological polar surface area (TPSA) is 77.2 Å². The van der Waals surface area contributed by atoms with Gasteiger partial charge in [0.25, 0.3) is 0 Å².